The van der Waals surface area contributed by atoms with E-state index in [0.717, 1.165) is 6.42 Å². The molecule has 0 saturated carbocycles. The van der Waals surface area contributed by atoms with Crippen molar-refractivity contribution in [3.05, 3.63) is 0 Å². The first-order valence-electron chi connectivity index (χ1n) is 3.88. The maximum Gasteiger partial charge on any atom is 0.404 e. The van der Waals surface area contributed by atoms with Gasteiger partial charge >= 0.3 is 6.18 Å². The van der Waals surface area contributed by atoms with E-state index in [9.17, 15) is 13.2 Å². The zero-order valence-electron chi connectivity index (χ0n) is 6.82. The predicted octanol–water partition coefficient (Wildman–Crippen LogP) is 2.03. The van der Waals surface area contributed by atoms with Gasteiger partial charge in [-0.05, 0) is 25.6 Å². The lowest BCUT2D eigenvalue weighted by atomic mass is 10.0. The summed E-state index contributed by atoms with van der Waals surface area (Å²) in [5, 5.41) is 2.21. The molecule has 0 aliphatic carbocycles. The molecule has 0 aromatic carbocycles. The molecule has 1 aliphatic rings. The number of piperidine rings is 1. The van der Waals surface area contributed by atoms with Crippen molar-refractivity contribution in [3.63, 3.8) is 0 Å². The zero-order chi connectivity index (χ0) is 9.19. The fourth-order valence-corrected chi connectivity index (χ4v) is 2.36. The van der Waals surface area contributed by atoms with Crippen molar-refractivity contribution in [1.29, 1.82) is 0 Å². The summed E-state index contributed by atoms with van der Waals surface area (Å²) in [6.45, 7) is 0.487. The Balaban J connectivity index is 2.59. The van der Waals surface area contributed by atoms with Crippen LogP contribution in [0.3, 0.4) is 0 Å². The van der Waals surface area contributed by atoms with E-state index in [0.29, 0.717) is 13.0 Å². The van der Waals surface area contributed by atoms with E-state index in [4.69, 9.17) is 0 Å². The molecule has 1 N–H and O–H groups in total. The van der Waals surface area contributed by atoms with Crippen molar-refractivity contribution in [2.45, 2.75) is 30.3 Å². The van der Waals surface area contributed by atoms with E-state index < -0.39 is 12.2 Å². The van der Waals surface area contributed by atoms with Crippen molar-refractivity contribution in [2.75, 3.05) is 12.8 Å². The van der Waals surface area contributed by atoms with Crippen LogP contribution in [0.4, 0.5) is 13.2 Å². The van der Waals surface area contributed by atoms with Gasteiger partial charge in [-0.1, -0.05) is 0 Å². The van der Waals surface area contributed by atoms with Crippen LogP contribution in [0, 0.1) is 0 Å². The number of halogens is 3. The Morgan fingerprint density at radius 3 is 2.50 bits per heavy atom. The van der Waals surface area contributed by atoms with Crippen LogP contribution in [0.2, 0.25) is 0 Å². The minimum Gasteiger partial charge on any atom is -0.305 e. The number of thioether (sulfide) groups is 1. The van der Waals surface area contributed by atoms with E-state index >= 15 is 0 Å². The van der Waals surface area contributed by atoms with Gasteiger partial charge in [-0.25, -0.2) is 0 Å². The largest absolute Gasteiger partial charge is 0.404 e. The summed E-state index contributed by atoms with van der Waals surface area (Å²) in [5.74, 6) is 0. The fraction of sp³-hybridized carbons (Fsp3) is 1.00. The Bertz CT molecular complexity index is 148. The molecule has 0 radical (unpaired) electrons. The first-order chi connectivity index (χ1) is 5.55. The molecule has 1 heterocycles. The third-order valence-electron chi connectivity index (χ3n) is 2.06. The number of nitrogens with one attached hydrogen (secondary N) is 1. The third kappa shape index (κ3) is 2.29. The molecule has 1 saturated heterocycles. The van der Waals surface area contributed by atoms with Gasteiger partial charge < -0.3 is 5.32 Å². The molecule has 72 valence electrons. The van der Waals surface area contributed by atoms with E-state index in [1.165, 1.54) is 11.8 Å². The van der Waals surface area contributed by atoms with Crippen molar-refractivity contribution < 1.29 is 13.2 Å². The van der Waals surface area contributed by atoms with Gasteiger partial charge in [0.15, 0.2) is 0 Å². The molecule has 1 fully saturated rings. The van der Waals surface area contributed by atoms with Gasteiger partial charge in [0.25, 0.3) is 0 Å². The molecule has 2 atom stereocenters. The molecule has 0 aromatic heterocycles. The average Bonchev–Trinajstić information content (AvgIpc) is 2.03. The maximum atomic E-state index is 12.3. The quantitative estimate of drug-likeness (QED) is 0.693. The minimum atomic E-state index is -4.09. The molecular formula is C7H12F3NS. The summed E-state index contributed by atoms with van der Waals surface area (Å²) in [7, 11) is 0. The van der Waals surface area contributed by atoms with Crippen LogP contribution in [-0.4, -0.2) is 30.3 Å². The average molecular weight is 199 g/mol. The van der Waals surface area contributed by atoms with Crippen LogP contribution in [0.15, 0.2) is 0 Å². The van der Waals surface area contributed by atoms with Gasteiger partial charge in [-0.15, -0.1) is 0 Å². The summed E-state index contributed by atoms with van der Waals surface area (Å²) >= 11 is 1.30. The lowest BCUT2D eigenvalue weighted by molar-refractivity contribution is -0.158. The SMILES string of the molecule is CS[C@H]1CCCN[C@@H]1C(F)(F)F. The highest BCUT2D eigenvalue weighted by Crippen LogP contribution is 2.31. The molecule has 0 unspecified atom stereocenters. The second kappa shape index (κ2) is 3.87. The summed E-state index contributed by atoms with van der Waals surface area (Å²) in [6, 6.07) is -1.30. The predicted molar refractivity (Wildman–Crippen MR) is 44.4 cm³/mol. The number of hydrogen-bond donors (Lipinski definition) is 1. The van der Waals surface area contributed by atoms with Gasteiger partial charge in [0.2, 0.25) is 0 Å². The Hall–Kier alpha value is 0.100. The molecule has 0 aromatic rings. The first-order valence-corrected chi connectivity index (χ1v) is 5.17. The summed E-state index contributed by atoms with van der Waals surface area (Å²) < 4.78 is 36.9. The van der Waals surface area contributed by atoms with Crippen molar-refractivity contribution in [1.82, 2.24) is 5.32 Å². The summed E-state index contributed by atoms with van der Waals surface area (Å²) in [6.07, 6.45) is -0.846. The Kier molecular flexibility index (Phi) is 3.29. The number of hydrogen-bond acceptors (Lipinski definition) is 2. The highest BCUT2D eigenvalue weighted by molar-refractivity contribution is 7.99. The van der Waals surface area contributed by atoms with Crippen molar-refractivity contribution in [2.24, 2.45) is 0 Å². The smallest absolute Gasteiger partial charge is 0.305 e. The van der Waals surface area contributed by atoms with Gasteiger partial charge in [0.05, 0.1) is 0 Å². The third-order valence-corrected chi connectivity index (χ3v) is 3.17. The topological polar surface area (TPSA) is 12.0 Å². The number of rotatable bonds is 1. The van der Waals surface area contributed by atoms with Crippen molar-refractivity contribution in [3.8, 4) is 0 Å². The molecule has 5 heteroatoms. The molecular weight excluding hydrogens is 187 g/mol. The minimum absolute atomic E-state index is 0.307. The monoisotopic (exact) mass is 199 g/mol. The van der Waals surface area contributed by atoms with E-state index in [1.54, 1.807) is 6.26 Å². The highest BCUT2D eigenvalue weighted by atomic mass is 32.2. The second-order valence-electron chi connectivity index (χ2n) is 2.89. The first kappa shape index (κ1) is 10.2. The molecule has 0 spiro atoms. The maximum absolute atomic E-state index is 12.3. The Morgan fingerprint density at radius 1 is 1.42 bits per heavy atom. The van der Waals surface area contributed by atoms with Crippen LogP contribution in [-0.2, 0) is 0 Å². The van der Waals surface area contributed by atoms with Gasteiger partial charge in [0.1, 0.15) is 6.04 Å². The van der Waals surface area contributed by atoms with Crippen molar-refractivity contribution >= 4 is 11.8 Å². The normalized spacial score (nSPS) is 32.0. The van der Waals surface area contributed by atoms with Gasteiger partial charge in [-0.2, -0.15) is 24.9 Å². The molecule has 1 rings (SSSR count). The lowest BCUT2D eigenvalue weighted by Gasteiger charge is -2.32. The summed E-state index contributed by atoms with van der Waals surface area (Å²) in [5.41, 5.74) is 0. The molecule has 1 nitrogen and oxygen atoms in total. The van der Waals surface area contributed by atoms with Crippen LogP contribution < -0.4 is 5.32 Å². The van der Waals surface area contributed by atoms with Crippen LogP contribution in [0.5, 0.6) is 0 Å². The highest BCUT2D eigenvalue weighted by Gasteiger charge is 2.45. The molecule has 0 amide bonds. The number of alkyl halides is 3. The van der Waals surface area contributed by atoms with Crippen LogP contribution in [0.25, 0.3) is 0 Å². The zero-order valence-corrected chi connectivity index (χ0v) is 7.63. The van der Waals surface area contributed by atoms with Crippen LogP contribution >= 0.6 is 11.8 Å². The Morgan fingerprint density at radius 2 is 2.08 bits per heavy atom. The lowest BCUT2D eigenvalue weighted by Crippen LogP contribution is -2.52. The van der Waals surface area contributed by atoms with E-state index in [-0.39, 0.29) is 5.25 Å². The second-order valence-corrected chi connectivity index (χ2v) is 3.97. The Labute approximate surface area is 74.1 Å². The van der Waals surface area contributed by atoms with E-state index in [1.807, 2.05) is 0 Å². The summed E-state index contributed by atoms with van der Waals surface area (Å²) in [4.78, 5) is 0. The standard InChI is InChI=1S/C7H12F3NS/c1-12-5-3-2-4-11-6(5)7(8,9)10/h5-6,11H,2-4H2,1H3/t5-,6-/m0/s1. The van der Waals surface area contributed by atoms with Gasteiger partial charge in [0, 0.05) is 5.25 Å². The van der Waals surface area contributed by atoms with E-state index in [2.05, 4.69) is 5.32 Å². The molecule has 0 bridgehead atoms. The van der Waals surface area contributed by atoms with Gasteiger partial charge in [-0.3, -0.25) is 0 Å². The molecule has 12 heavy (non-hydrogen) atoms. The van der Waals surface area contributed by atoms with Crippen LogP contribution in [0.1, 0.15) is 12.8 Å². The fourth-order valence-electron chi connectivity index (χ4n) is 1.44. The molecule has 1 aliphatic heterocycles.